The summed E-state index contributed by atoms with van der Waals surface area (Å²) in [7, 11) is 0. The van der Waals surface area contributed by atoms with Crippen molar-refractivity contribution in [2.24, 2.45) is 0 Å². The van der Waals surface area contributed by atoms with E-state index in [-0.39, 0.29) is 11.8 Å². The van der Waals surface area contributed by atoms with Crippen LogP contribution in [0.25, 0.3) is 0 Å². The molecule has 0 aliphatic carbocycles. The normalized spacial score (nSPS) is 10.0. The molecule has 5 heteroatoms. The largest absolute Gasteiger partial charge is 0.493 e. The van der Waals surface area contributed by atoms with Crippen LogP contribution < -0.4 is 15.6 Å². The molecular weight excluding hydrogens is 304 g/mol. The number of nitrogens with one attached hydrogen (secondary N) is 2. The van der Waals surface area contributed by atoms with Gasteiger partial charge in [0, 0.05) is 18.4 Å². The number of amides is 2. The van der Waals surface area contributed by atoms with E-state index in [2.05, 4.69) is 23.0 Å². The lowest BCUT2D eigenvalue weighted by molar-refractivity contribution is -0.121. The van der Waals surface area contributed by atoms with Gasteiger partial charge in [0.1, 0.15) is 5.75 Å². The summed E-state index contributed by atoms with van der Waals surface area (Å²) in [6, 6.07) is 16.9. The number of carbonyl (C=O) groups excluding carboxylic acids is 2. The molecule has 5 nitrogen and oxygen atoms in total. The first kappa shape index (κ1) is 17.5. The Bertz CT molecular complexity index is 654. The molecule has 0 fully saturated rings. The Balaban J connectivity index is 1.77. The summed E-state index contributed by atoms with van der Waals surface area (Å²) in [4.78, 5) is 23.2. The minimum atomic E-state index is -0.352. The number of hydrazine groups is 1. The molecule has 0 saturated carbocycles. The van der Waals surface area contributed by atoms with E-state index in [1.54, 1.807) is 24.3 Å². The first-order chi connectivity index (χ1) is 11.7. The van der Waals surface area contributed by atoms with Crippen LogP contribution in [0.5, 0.6) is 5.75 Å². The van der Waals surface area contributed by atoms with Crippen molar-refractivity contribution in [1.82, 2.24) is 10.9 Å². The minimum absolute atomic E-state index is 0.202. The minimum Gasteiger partial charge on any atom is -0.493 e. The zero-order chi connectivity index (χ0) is 17.2. The highest BCUT2D eigenvalue weighted by Crippen LogP contribution is 2.12. The molecule has 24 heavy (non-hydrogen) atoms. The molecule has 2 aromatic rings. The van der Waals surface area contributed by atoms with Crippen molar-refractivity contribution in [2.45, 2.75) is 26.2 Å². The van der Waals surface area contributed by atoms with E-state index in [0.717, 1.165) is 12.8 Å². The number of carbonyl (C=O) groups is 2. The van der Waals surface area contributed by atoms with Crippen LogP contribution in [-0.4, -0.2) is 18.4 Å². The van der Waals surface area contributed by atoms with E-state index in [0.29, 0.717) is 24.3 Å². The second-order valence-corrected chi connectivity index (χ2v) is 5.36. The summed E-state index contributed by atoms with van der Waals surface area (Å²) in [5.74, 6) is 0.152. The number of rotatable bonds is 7. The highest BCUT2D eigenvalue weighted by Gasteiger charge is 2.07. The van der Waals surface area contributed by atoms with Crippen LogP contribution in [-0.2, 0) is 11.2 Å². The molecule has 0 aliphatic rings. The third kappa shape index (κ3) is 5.76. The fraction of sp³-hybridized carbons (Fsp3) is 0.263. The Labute approximate surface area is 142 Å². The maximum Gasteiger partial charge on any atom is 0.269 e. The molecular formula is C19H22N2O3. The topological polar surface area (TPSA) is 67.4 Å². The van der Waals surface area contributed by atoms with Gasteiger partial charge in [0.2, 0.25) is 5.91 Å². The summed E-state index contributed by atoms with van der Waals surface area (Å²) in [5.41, 5.74) is 6.45. The molecule has 0 bridgehead atoms. The average molecular weight is 326 g/mol. The molecule has 2 N–H and O–H groups in total. The monoisotopic (exact) mass is 326 g/mol. The lowest BCUT2D eigenvalue weighted by Gasteiger charge is -2.09. The second-order valence-electron chi connectivity index (χ2n) is 5.36. The van der Waals surface area contributed by atoms with E-state index in [9.17, 15) is 9.59 Å². The summed E-state index contributed by atoms with van der Waals surface area (Å²) in [5, 5.41) is 0. The first-order valence-electron chi connectivity index (χ1n) is 8.05. The Morgan fingerprint density at radius 2 is 1.67 bits per heavy atom. The van der Waals surface area contributed by atoms with Crippen LogP contribution in [0.3, 0.4) is 0 Å². The molecule has 0 radical (unpaired) electrons. The van der Waals surface area contributed by atoms with Crippen LogP contribution in [0.1, 0.15) is 35.7 Å². The van der Waals surface area contributed by atoms with Crippen molar-refractivity contribution in [2.75, 3.05) is 6.61 Å². The highest BCUT2D eigenvalue weighted by molar-refractivity contribution is 5.95. The van der Waals surface area contributed by atoms with Gasteiger partial charge >= 0.3 is 0 Å². The van der Waals surface area contributed by atoms with E-state index in [4.69, 9.17) is 4.74 Å². The predicted octanol–water partition coefficient (Wildman–Crippen LogP) is 2.87. The highest BCUT2D eigenvalue weighted by atomic mass is 16.5. The van der Waals surface area contributed by atoms with Crippen molar-refractivity contribution < 1.29 is 14.3 Å². The second kappa shape index (κ2) is 9.35. The SMILES string of the molecule is CCCC(=O)NNC(=O)c1ccc(OCCc2ccccc2)cc1. The summed E-state index contributed by atoms with van der Waals surface area (Å²) in [6.07, 6.45) is 1.94. The standard InChI is InChI=1S/C19H22N2O3/c1-2-6-18(22)20-21-19(23)16-9-11-17(12-10-16)24-14-13-15-7-4-3-5-8-15/h3-5,7-12H,2,6,13-14H2,1H3,(H,20,22)(H,21,23). The van der Waals surface area contributed by atoms with Crippen LogP contribution in [0.4, 0.5) is 0 Å². The number of hydrogen-bond acceptors (Lipinski definition) is 3. The van der Waals surface area contributed by atoms with Gasteiger partial charge < -0.3 is 4.74 Å². The van der Waals surface area contributed by atoms with Gasteiger partial charge in [0.25, 0.3) is 5.91 Å². The van der Waals surface area contributed by atoms with Crippen LogP contribution >= 0.6 is 0 Å². The van der Waals surface area contributed by atoms with E-state index < -0.39 is 0 Å². The summed E-state index contributed by atoms with van der Waals surface area (Å²) >= 11 is 0. The smallest absolute Gasteiger partial charge is 0.269 e. The van der Waals surface area contributed by atoms with Gasteiger partial charge in [-0.3, -0.25) is 20.4 Å². The maximum absolute atomic E-state index is 11.9. The van der Waals surface area contributed by atoms with Crippen molar-refractivity contribution in [3.63, 3.8) is 0 Å². The van der Waals surface area contributed by atoms with Crippen LogP contribution in [0.2, 0.25) is 0 Å². The molecule has 2 amide bonds. The molecule has 0 heterocycles. The van der Waals surface area contributed by atoms with Gasteiger partial charge in [-0.15, -0.1) is 0 Å². The van der Waals surface area contributed by atoms with E-state index in [1.807, 2.05) is 25.1 Å². The van der Waals surface area contributed by atoms with Gasteiger partial charge in [-0.05, 0) is 36.2 Å². The summed E-state index contributed by atoms with van der Waals surface area (Å²) < 4.78 is 5.67. The fourth-order valence-corrected chi connectivity index (χ4v) is 2.12. The third-order valence-electron chi connectivity index (χ3n) is 3.41. The van der Waals surface area contributed by atoms with Crippen LogP contribution in [0.15, 0.2) is 54.6 Å². The molecule has 0 unspecified atom stereocenters. The number of benzene rings is 2. The third-order valence-corrected chi connectivity index (χ3v) is 3.41. The first-order valence-corrected chi connectivity index (χ1v) is 8.05. The Kier molecular flexibility index (Phi) is 6.83. The average Bonchev–Trinajstić information content (AvgIpc) is 2.61. The van der Waals surface area contributed by atoms with Gasteiger partial charge in [0.05, 0.1) is 6.61 Å². The van der Waals surface area contributed by atoms with Gasteiger partial charge in [-0.25, -0.2) is 0 Å². The molecule has 2 aromatic carbocycles. The summed E-state index contributed by atoms with van der Waals surface area (Å²) in [6.45, 7) is 2.47. The van der Waals surface area contributed by atoms with Crippen molar-refractivity contribution in [3.8, 4) is 5.75 Å². The molecule has 0 spiro atoms. The quantitative estimate of drug-likeness (QED) is 0.769. The van der Waals surface area contributed by atoms with Crippen LogP contribution in [0, 0.1) is 0 Å². The molecule has 0 aromatic heterocycles. The Morgan fingerprint density at radius 3 is 2.33 bits per heavy atom. The Morgan fingerprint density at radius 1 is 0.958 bits per heavy atom. The molecule has 0 aliphatic heterocycles. The van der Waals surface area contributed by atoms with Crippen molar-refractivity contribution in [3.05, 3.63) is 65.7 Å². The van der Waals surface area contributed by atoms with Gasteiger partial charge in [-0.2, -0.15) is 0 Å². The fourth-order valence-electron chi connectivity index (χ4n) is 2.12. The molecule has 0 atom stereocenters. The lowest BCUT2D eigenvalue weighted by Crippen LogP contribution is -2.41. The molecule has 0 saturated heterocycles. The number of ether oxygens (including phenoxy) is 1. The predicted molar refractivity (Wildman–Crippen MR) is 92.6 cm³/mol. The van der Waals surface area contributed by atoms with E-state index in [1.165, 1.54) is 5.56 Å². The Hall–Kier alpha value is -2.82. The maximum atomic E-state index is 11.9. The lowest BCUT2D eigenvalue weighted by atomic mass is 10.2. The van der Waals surface area contributed by atoms with Crippen molar-refractivity contribution in [1.29, 1.82) is 0 Å². The van der Waals surface area contributed by atoms with Gasteiger partial charge in [0.15, 0.2) is 0 Å². The molecule has 2 rings (SSSR count). The van der Waals surface area contributed by atoms with E-state index >= 15 is 0 Å². The zero-order valence-electron chi connectivity index (χ0n) is 13.7. The zero-order valence-corrected chi connectivity index (χ0v) is 13.7. The molecule has 126 valence electrons. The van der Waals surface area contributed by atoms with Crippen molar-refractivity contribution >= 4 is 11.8 Å². The van der Waals surface area contributed by atoms with Gasteiger partial charge in [-0.1, -0.05) is 37.3 Å². The number of hydrogen-bond donors (Lipinski definition) is 2.